The second-order valence-electron chi connectivity index (χ2n) is 5.58. The smallest absolute Gasteiger partial charge is 0.407 e. The molecule has 0 aromatic carbocycles. The van der Waals surface area contributed by atoms with Crippen molar-refractivity contribution in [2.45, 2.75) is 45.6 Å². The second-order valence-corrected chi connectivity index (χ2v) is 5.58. The Bertz CT molecular complexity index is 227. The molecule has 0 aromatic rings. The van der Waals surface area contributed by atoms with E-state index < -0.39 is 5.60 Å². The van der Waals surface area contributed by atoms with Crippen LogP contribution in [0.3, 0.4) is 0 Å². The van der Waals surface area contributed by atoms with Crippen LogP contribution in [0.25, 0.3) is 0 Å². The van der Waals surface area contributed by atoms with Crippen LogP contribution in [0.15, 0.2) is 0 Å². The van der Waals surface area contributed by atoms with E-state index in [0.29, 0.717) is 13.1 Å². The Morgan fingerprint density at radius 1 is 1.22 bits per heavy atom. The van der Waals surface area contributed by atoms with Crippen LogP contribution in [-0.4, -0.2) is 49.8 Å². The van der Waals surface area contributed by atoms with Crippen molar-refractivity contribution in [1.29, 1.82) is 0 Å². The predicted octanol–water partition coefficient (Wildman–Crippen LogP) is 1.57. The van der Waals surface area contributed by atoms with Gasteiger partial charge in [0, 0.05) is 19.6 Å². The fourth-order valence-corrected chi connectivity index (χ4v) is 1.52. The van der Waals surface area contributed by atoms with E-state index >= 15 is 0 Å². The normalized spacial score (nSPS) is 11.7. The van der Waals surface area contributed by atoms with Crippen LogP contribution in [-0.2, 0) is 4.74 Å². The highest BCUT2D eigenvalue weighted by atomic mass is 16.6. The van der Waals surface area contributed by atoms with Crippen molar-refractivity contribution in [1.82, 2.24) is 10.2 Å². The third kappa shape index (κ3) is 11.7. The summed E-state index contributed by atoms with van der Waals surface area (Å²) in [7, 11) is 2.08. The summed E-state index contributed by atoms with van der Waals surface area (Å²) in [6.45, 7) is 8.96. The van der Waals surface area contributed by atoms with Gasteiger partial charge in [0.05, 0.1) is 0 Å². The molecule has 0 aliphatic heterocycles. The summed E-state index contributed by atoms with van der Waals surface area (Å²) in [6.07, 6.45) is 2.88. The molecule has 0 rings (SSSR count). The minimum atomic E-state index is -0.422. The van der Waals surface area contributed by atoms with Crippen LogP contribution in [0.1, 0.15) is 40.0 Å². The monoisotopic (exact) mass is 259 g/mol. The van der Waals surface area contributed by atoms with Gasteiger partial charge in [0.15, 0.2) is 0 Å². The van der Waals surface area contributed by atoms with Gasteiger partial charge in [0.1, 0.15) is 5.60 Å². The highest BCUT2D eigenvalue weighted by Crippen LogP contribution is 2.06. The van der Waals surface area contributed by atoms with Crippen LogP contribution in [0.5, 0.6) is 0 Å². The first-order valence-electron chi connectivity index (χ1n) is 6.70. The zero-order valence-electron chi connectivity index (χ0n) is 12.3. The summed E-state index contributed by atoms with van der Waals surface area (Å²) < 4.78 is 5.14. The van der Waals surface area contributed by atoms with Crippen LogP contribution in [0, 0.1) is 0 Å². The highest BCUT2D eigenvalue weighted by Gasteiger charge is 2.15. The van der Waals surface area contributed by atoms with E-state index in [9.17, 15) is 4.79 Å². The number of unbranched alkanes of at least 4 members (excludes halogenated alkanes) is 2. The van der Waals surface area contributed by atoms with Gasteiger partial charge in [-0.05, 0) is 47.2 Å². The number of ether oxygens (including phenoxy) is 1. The minimum absolute atomic E-state index is 0.331. The first-order chi connectivity index (χ1) is 8.35. The van der Waals surface area contributed by atoms with Gasteiger partial charge < -0.3 is 20.7 Å². The molecule has 108 valence electrons. The number of hydrogen-bond donors (Lipinski definition) is 2. The third-order valence-electron chi connectivity index (χ3n) is 2.40. The molecular weight excluding hydrogens is 230 g/mol. The third-order valence-corrected chi connectivity index (χ3v) is 2.40. The van der Waals surface area contributed by atoms with Crippen LogP contribution < -0.4 is 11.1 Å². The van der Waals surface area contributed by atoms with Gasteiger partial charge in [-0.3, -0.25) is 0 Å². The largest absolute Gasteiger partial charge is 0.444 e. The topological polar surface area (TPSA) is 67.6 Å². The number of likely N-dealkylation sites (N-methyl/N-ethyl adjacent to an activating group) is 1. The molecule has 0 fully saturated rings. The van der Waals surface area contributed by atoms with E-state index in [2.05, 4.69) is 17.3 Å². The van der Waals surface area contributed by atoms with Crippen molar-refractivity contribution >= 4 is 6.09 Å². The maximum atomic E-state index is 11.3. The van der Waals surface area contributed by atoms with Gasteiger partial charge in [-0.15, -0.1) is 0 Å². The summed E-state index contributed by atoms with van der Waals surface area (Å²) in [5.41, 5.74) is 5.04. The Labute approximate surface area is 111 Å². The second kappa shape index (κ2) is 9.16. The molecule has 0 atom stereocenters. The van der Waals surface area contributed by atoms with E-state index in [1.807, 2.05) is 20.8 Å². The van der Waals surface area contributed by atoms with Gasteiger partial charge in [-0.2, -0.15) is 0 Å². The van der Waals surface area contributed by atoms with Crippen molar-refractivity contribution in [3.63, 3.8) is 0 Å². The lowest BCUT2D eigenvalue weighted by Gasteiger charge is -2.19. The van der Waals surface area contributed by atoms with Crippen molar-refractivity contribution in [2.24, 2.45) is 5.73 Å². The number of rotatable bonds is 8. The summed E-state index contributed by atoms with van der Waals surface area (Å²) in [4.78, 5) is 13.6. The molecule has 0 saturated heterocycles. The molecule has 0 heterocycles. The SMILES string of the molecule is CN(CCN)CCCCCNC(=O)OC(C)(C)C. The maximum Gasteiger partial charge on any atom is 0.407 e. The molecule has 3 N–H and O–H groups in total. The molecule has 0 radical (unpaired) electrons. The van der Waals surface area contributed by atoms with Gasteiger partial charge >= 0.3 is 6.09 Å². The fourth-order valence-electron chi connectivity index (χ4n) is 1.52. The fraction of sp³-hybridized carbons (Fsp3) is 0.923. The van der Waals surface area contributed by atoms with E-state index in [4.69, 9.17) is 10.5 Å². The summed E-state index contributed by atoms with van der Waals surface area (Å²) >= 11 is 0. The molecule has 5 nitrogen and oxygen atoms in total. The number of hydrogen-bond acceptors (Lipinski definition) is 4. The van der Waals surface area contributed by atoms with E-state index in [-0.39, 0.29) is 6.09 Å². The Kier molecular flexibility index (Phi) is 8.75. The zero-order chi connectivity index (χ0) is 14.0. The maximum absolute atomic E-state index is 11.3. The lowest BCUT2D eigenvalue weighted by Crippen LogP contribution is -2.33. The molecule has 0 aliphatic carbocycles. The van der Waals surface area contributed by atoms with Gasteiger partial charge in [-0.1, -0.05) is 6.42 Å². The molecular formula is C13H29N3O2. The average molecular weight is 259 g/mol. The number of nitrogens with two attached hydrogens (primary N) is 1. The van der Waals surface area contributed by atoms with Crippen LogP contribution >= 0.6 is 0 Å². The van der Waals surface area contributed by atoms with Crippen LogP contribution in [0.4, 0.5) is 4.79 Å². The van der Waals surface area contributed by atoms with E-state index in [1.54, 1.807) is 0 Å². The zero-order valence-corrected chi connectivity index (χ0v) is 12.3. The predicted molar refractivity (Wildman–Crippen MR) is 74.6 cm³/mol. The molecule has 0 bridgehead atoms. The number of carbonyl (C=O) groups is 1. The Morgan fingerprint density at radius 2 is 1.89 bits per heavy atom. The molecule has 0 aliphatic rings. The lowest BCUT2D eigenvalue weighted by molar-refractivity contribution is 0.0527. The summed E-state index contributed by atoms with van der Waals surface area (Å²) in [5.74, 6) is 0. The molecule has 18 heavy (non-hydrogen) atoms. The van der Waals surface area contributed by atoms with Crippen molar-refractivity contribution in [3.05, 3.63) is 0 Å². The lowest BCUT2D eigenvalue weighted by atomic mass is 10.2. The van der Waals surface area contributed by atoms with E-state index in [1.165, 1.54) is 0 Å². The number of amides is 1. The highest BCUT2D eigenvalue weighted by molar-refractivity contribution is 5.67. The Hall–Kier alpha value is -0.810. The summed E-state index contributed by atoms with van der Waals surface area (Å²) in [6, 6.07) is 0. The number of nitrogens with zero attached hydrogens (tertiary/aromatic N) is 1. The number of carbonyl (C=O) groups excluding carboxylic acids is 1. The number of nitrogens with one attached hydrogen (secondary N) is 1. The molecule has 0 spiro atoms. The average Bonchev–Trinajstić information content (AvgIpc) is 2.21. The van der Waals surface area contributed by atoms with Crippen molar-refractivity contribution < 1.29 is 9.53 Å². The Morgan fingerprint density at radius 3 is 2.44 bits per heavy atom. The molecule has 5 heteroatoms. The van der Waals surface area contributed by atoms with E-state index in [0.717, 1.165) is 32.4 Å². The van der Waals surface area contributed by atoms with Crippen molar-refractivity contribution in [2.75, 3.05) is 33.2 Å². The van der Waals surface area contributed by atoms with Gasteiger partial charge in [0.2, 0.25) is 0 Å². The molecule has 0 aromatic heterocycles. The van der Waals surface area contributed by atoms with Crippen LogP contribution in [0.2, 0.25) is 0 Å². The number of alkyl carbamates (subject to hydrolysis) is 1. The molecule has 0 saturated carbocycles. The first kappa shape index (κ1) is 17.2. The molecule has 0 unspecified atom stereocenters. The standard InChI is InChI=1S/C13H29N3O2/c1-13(2,3)18-12(17)15-9-6-5-7-10-16(4)11-8-14/h5-11,14H2,1-4H3,(H,15,17). The van der Waals surface area contributed by atoms with Gasteiger partial charge in [0.25, 0.3) is 0 Å². The molecule has 1 amide bonds. The first-order valence-corrected chi connectivity index (χ1v) is 6.70. The minimum Gasteiger partial charge on any atom is -0.444 e. The quantitative estimate of drug-likeness (QED) is 0.649. The van der Waals surface area contributed by atoms with Crippen molar-refractivity contribution in [3.8, 4) is 0 Å². The Balaban J connectivity index is 3.38. The summed E-state index contributed by atoms with van der Waals surface area (Å²) in [5, 5.41) is 2.76. The van der Waals surface area contributed by atoms with Gasteiger partial charge in [-0.25, -0.2) is 4.79 Å².